The van der Waals surface area contributed by atoms with Gasteiger partial charge in [0.1, 0.15) is 11.5 Å². The van der Waals surface area contributed by atoms with E-state index in [4.69, 9.17) is 5.11 Å². The zero-order chi connectivity index (χ0) is 12.3. The smallest absolute Gasteiger partial charge is 0.265 e. The van der Waals surface area contributed by atoms with E-state index < -0.39 is 0 Å². The van der Waals surface area contributed by atoms with Gasteiger partial charge >= 0.3 is 0 Å². The molecule has 17 heavy (non-hydrogen) atoms. The number of hydrogen-bond acceptors (Lipinski definition) is 3. The maximum absolute atomic E-state index is 12.3. The Bertz CT molecular complexity index is 465. The van der Waals surface area contributed by atoms with E-state index >= 15 is 0 Å². The number of carbonyl (C=O) groups excluding carboxylic acids is 1. The summed E-state index contributed by atoms with van der Waals surface area (Å²) >= 11 is 1.42. The standard InChI is InChI=1S/C13H15NO2S/c1-2-14(11-5-6-11)13(16)12-10(4-3-8-15)7-9-17-12/h7,9,11,15H,2,5-6,8H2,1H3. The van der Waals surface area contributed by atoms with Crippen molar-refractivity contribution in [3.05, 3.63) is 21.9 Å². The third kappa shape index (κ3) is 2.68. The van der Waals surface area contributed by atoms with Crippen LogP contribution in [0.4, 0.5) is 0 Å². The minimum atomic E-state index is -0.177. The van der Waals surface area contributed by atoms with Crippen molar-refractivity contribution in [1.82, 2.24) is 4.90 Å². The number of carbonyl (C=O) groups is 1. The highest BCUT2D eigenvalue weighted by Gasteiger charge is 2.32. The van der Waals surface area contributed by atoms with Gasteiger partial charge in [0.05, 0.1) is 0 Å². The van der Waals surface area contributed by atoms with E-state index in [1.165, 1.54) is 11.3 Å². The molecule has 4 heteroatoms. The molecule has 0 spiro atoms. The Morgan fingerprint density at radius 2 is 2.41 bits per heavy atom. The third-order valence-electron chi connectivity index (χ3n) is 2.75. The Morgan fingerprint density at radius 3 is 3.00 bits per heavy atom. The van der Waals surface area contributed by atoms with Crippen molar-refractivity contribution in [2.45, 2.75) is 25.8 Å². The Kier molecular flexibility index (Phi) is 3.82. The van der Waals surface area contributed by atoms with E-state index in [1.54, 1.807) is 0 Å². The van der Waals surface area contributed by atoms with Crippen LogP contribution in [0, 0.1) is 11.8 Å². The average Bonchev–Trinajstić information content (AvgIpc) is 3.05. The first-order valence-corrected chi connectivity index (χ1v) is 6.64. The lowest BCUT2D eigenvalue weighted by Crippen LogP contribution is -2.32. The first kappa shape index (κ1) is 12.2. The number of hydrogen-bond donors (Lipinski definition) is 1. The molecular formula is C13H15NO2S. The molecule has 1 aliphatic rings. The molecule has 1 fully saturated rings. The largest absolute Gasteiger partial charge is 0.384 e. The monoisotopic (exact) mass is 249 g/mol. The lowest BCUT2D eigenvalue weighted by molar-refractivity contribution is 0.0757. The molecule has 0 unspecified atom stereocenters. The second kappa shape index (κ2) is 5.35. The first-order valence-electron chi connectivity index (χ1n) is 5.76. The van der Waals surface area contributed by atoms with E-state index in [0.717, 1.165) is 24.9 Å². The van der Waals surface area contributed by atoms with Gasteiger partial charge in [-0.1, -0.05) is 11.8 Å². The van der Waals surface area contributed by atoms with Crippen molar-refractivity contribution in [2.75, 3.05) is 13.2 Å². The first-order chi connectivity index (χ1) is 8.27. The molecular weight excluding hydrogens is 234 g/mol. The van der Waals surface area contributed by atoms with Gasteiger partial charge in [0.2, 0.25) is 0 Å². The Morgan fingerprint density at radius 1 is 1.65 bits per heavy atom. The molecule has 1 N–H and O–H groups in total. The summed E-state index contributed by atoms with van der Waals surface area (Å²) in [5.74, 6) is 5.49. The van der Waals surface area contributed by atoms with E-state index in [0.29, 0.717) is 10.9 Å². The summed E-state index contributed by atoms with van der Waals surface area (Å²) in [5, 5.41) is 10.6. The fourth-order valence-electron chi connectivity index (χ4n) is 1.79. The van der Waals surface area contributed by atoms with Gasteiger partial charge in [-0.05, 0) is 31.2 Å². The summed E-state index contributed by atoms with van der Waals surface area (Å²) in [6.45, 7) is 2.57. The maximum atomic E-state index is 12.3. The third-order valence-corrected chi connectivity index (χ3v) is 3.65. The summed E-state index contributed by atoms with van der Waals surface area (Å²) in [7, 11) is 0. The SMILES string of the molecule is CCN(C(=O)c1sccc1C#CCO)C1CC1. The van der Waals surface area contributed by atoms with Crippen molar-refractivity contribution in [3.8, 4) is 11.8 Å². The summed E-state index contributed by atoms with van der Waals surface area (Å²) in [6.07, 6.45) is 2.23. The molecule has 1 amide bonds. The van der Waals surface area contributed by atoms with Crippen molar-refractivity contribution >= 4 is 17.2 Å². The van der Waals surface area contributed by atoms with Crippen LogP contribution in [0.1, 0.15) is 35.0 Å². The van der Waals surface area contributed by atoms with E-state index in [1.807, 2.05) is 23.3 Å². The molecule has 0 bridgehead atoms. The minimum absolute atomic E-state index is 0.0761. The van der Waals surface area contributed by atoms with Crippen molar-refractivity contribution in [1.29, 1.82) is 0 Å². The molecule has 2 rings (SSSR count). The van der Waals surface area contributed by atoms with E-state index in [2.05, 4.69) is 11.8 Å². The van der Waals surface area contributed by atoms with Crippen molar-refractivity contribution in [3.63, 3.8) is 0 Å². The molecule has 1 aromatic heterocycles. The predicted octanol–water partition coefficient (Wildman–Crippen LogP) is 1.72. The highest BCUT2D eigenvalue weighted by molar-refractivity contribution is 7.12. The molecule has 0 atom stereocenters. The van der Waals surface area contributed by atoms with Crippen LogP contribution in [0.2, 0.25) is 0 Å². The van der Waals surface area contributed by atoms with Gasteiger partial charge in [-0.2, -0.15) is 0 Å². The van der Waals surface area contributed by atoms with Gasteiger partial charge in [0, 0.05) is 18.2 Å². The Labute approximate surface area is 105 Å². The van der Waals surface area contributed by atoms with Crippen LogP contribution in [-0.2, 0) is 0 Å². The highest BCUT2D eigenvalue weighted by atomic mass is 32.1. The topological polar surface area (TPSA) is 40.5 Å². The summed E-state index contributed by atoms with van der Waals surface area (Å²) < 4.78 is 0. The predicted molar refractivity (Wildman–Crippen MR) is 68.0 cm³/mol. The molecule has 0 aliphatic heterocycles. The zero-order valence-electron chi connectivity index (χ0n) is 9.77. The second-order valence-electron chi connectivity index (χ2n) is 3.95. The van der Waals surface area contributed by atoms with Gasteiger partial charge < -0.3 is 10.0 Å². The van der Waals surface area contributed by atoms with Crippen LogP contribution < -0.4 is 0 Å². The average molecular weight is 249 g/mol. The minimum Gasteiger partial charge on any atom is -0.384 e. The van der Waals surface area contributed by atoms with Crippen molar-refractivity contribution in [2.24, 2.45) is 0 Å². The van der Waals surface area contributed by atoms with Crippen molar-refractivity contribution < 1.29 is 9.90 Å². The van der Waals surface area contributed by atoms with Gasteiger partial charge in [-0.15, -0.1) is 11.3 Å². The number of aliphatic hydroxyl groups excluding tert-OH is 1. The number of aliphatic hydroxyl groups is 1. The zero-order valence-corrected chi connectivity index (χ0v) is 10.6. The molecule has 0 saturated heterocycles. The summed E-state index contributed by atoms with van der Waals surface area (Å²) in [4.78, 5) is 14.9. The fourth-order valence-corrected chi connectivity index (χ4v) is 2.60. The van der Waals surface area contributed by atoms with Crippen LogP contribution in [0.25, 0.3) is 0 Å². The molecule has 3 nitrogen and oxygen atoms in total. The fraction of sp³-hybridized carbons (Fsp3) is 0.462. The molecule has 1 saturated carbocycles. The maximum Gasteiger partial charge on any atom is 0.265 e. The molecule has 0 aromatic carbocycles. The molecule has 1 aliphatic carbocycles. The number of amides is 1. The number of thiophene rings is 1. The van der Waals surface area contributed by atoms with Crippen LogP contribution in [-0.4, -0.2) is 35.1 Å². The summed E-state index contributed by atoms with van der Waals surface area (Å²) in [6, 6.07) is 2.26. The van der Waals surface area contributed by atoms with Crippen LogP contribution in [0.3, 0.4) is 0 Å². The van der Waals surface area contributed by atoms with Crippen LogP contribution >= 0.6 is 11.3 Å². The van der Waals surface area contributed by atoms with Crippen LogP contribution in [0.15, 0.2) is 11.4 Å². The molecule has 1 heterocycles. The number of nitrogens with zero attached hydrogens (tertiary/aromatic N) is 1. The molecule has 1 aromatic rings. The van der Waals surface area contributed by atoms with Gasteiger partial charge in [0.15, 0.2) is 0 Å². The lowest BCUT2D eigenvalue weighted by Gasteiger charge is -2.19. The number of rotatable bonds is 3. The molecule has 0 radical (unpaired) electrons. The highest BCUT2D eigenvalue weighted by Crippen LogP contribution is 2.29. The Balaban J connectivity index is 2.20. The van der Waals surface area contributed by atoms with Crippen LogP contribution in [0.5, 0.6) is 0 Å². The quantitative estimate of drug-likeness (QED) is 0.829. The van der Waals surface area contributed by atoms with Gasteiger partial charge in [0.25, 0.3) is 5.91 Å². The normalized spacial score (nSPS) is 14.0. The lowest BCUT2D eigenvalue weighted by atomic mass is 10.2. The second-order valence-corrected chi connectivity index (χ2v) is 4.86. The summed E-state index contributed by atoms with van der Waals surface area (Å²) in [5.41, 5.74) is 0.730. The van der Waals surface area contributed by atoms with E-state index in [-0.39, 0.29) is 12.5 Å². The molecule has 90 valence electrons. The Hall–Kier alpha value is -1.31. The van der Waals surface area contributed by atoms with E-state index in [9.17, 15) is 4.79 Å². The van der Waals surface area contributed by atoms with Gasteiger partial charge in [-0.3, -0.25) is 4.79 Å². The van der Waals surface area contributed by atoms with Gasteiger partial charge in [-0.25, -0.2) is 0 Å².